The molecule has 0 N–H and O–H groups in total. The molecular formula is C56H45NO2. The van der Waals surface area contributed by atoms with E-state index in [0.29, 0.717) is 10.8 Å². The van der Waals surface area contributed by atoms with E-state index in [1.165, 1.54) is 59.9 Å². The topological polar surface area (TPSA) is 25.6 Å². The van der Waals surface area contributed by atoms with Crippen LogP contribution >= 0.6 is 0 Å². The number of anilines is 3. The molecule has 1 aromatic heterocycles. The molecule has 5 unspecified atom stereocenters. The van der Waals surface area contributed by atoms with E-state index in [9.17, 15) is 0 Å². The van der Waals surface area contributed by atoms with Crippen molar-refractivity contribution < 1.29 is 9.15 Å². The van der Waals surface area contributed by atoms with Gasteiger partial charge in [-0.2, -0.15) is 0 Å². The van der Waals surface area contributed by atoms with E-state index in [1.807, 2.05) is 0 Å². The van der Waals surface area contributed by atoms with Gasteiger partial charge in [0.25, 0.3) is 0 Å². The van der Waals surface area contributed by atoms with Crippen LogP contribution in [0.25, 0.3) is 21.9 Å². The molecule has 2 spiro atoms. The van der Waals surface area contributed by atoms with Gasteiger partial charge in [-0.3, -0.25) is 0 Å². The minimum atomic E-state index is -0.596. The summed E-state index contributed by atoms with van der Waals surface area (Å²) in [6.45, 7) is 4.76. The Labute approximate surface area is 345 Å². The molecular weight excluding hydrogens is 719 g/mol. The number of rotatable bonds is 4. The molecule has 14 rings (SSSR count). The zero-order chi connectivity index (χ0) is 38.9. The number of furan rings is 1. The van der Waals surface area contributed by atoms with Gasteiger partial charge in [-0.25, -0.2) is 0 Å². The van der Waals surface area contributed by atoms with Crippen molar-refractivity contribution in [2.45, 2.75) is 62.2 Å². The van der Waals surface area contributed by atoms with Crippen molar-refractivity contribution in [1.29, 1.82) is 0 Å². The number of para-hydroxylation sites is 2. The van der Waals surface area contributed by atoms with Crippen LogP contribution in [0.3, 0.4) is 0 Å². The molecule has 1 aliphatic heterocycles. The number of ether oxygens (including phenoxy) is 1. The first-order valence-electron chi connectivity index (χ1n) is 21.8. The normalized spacial score (nSPS) is 26.5. The Morgan fingerprint density at radius 2 is 1.12 bits per heavy atom. The summed E-state index contributed by atoms with van der Waals surface area (Å²) in [5, 5.41) is 2.28. The van der Waals surface area contributed by atoms with E-state index in [4.69, 9.17) is 9.15 Å². The Bertz CT molecular complexity index is 3050. The maximum Gasteiger partial charge on any atom is 0.137 e. The molecule has 6 aliphatic rings. The zero-order valence-electron chi connectivity index (χ0n) is 33.5. The largest absolute Gasteiger partial charge is 0.457 e. The van der Waals surface area contributed by atoms with E-state index >= 15 is 0 Å². The first kappa shape index (κ1) is 32.8. The lowest BCUT2D eigenvalue weighted by Crippen LogP contribution is -2.68. The van der Waals surface area contributed by atoms with Crippen molar-refractivity contribution >= 4 is 39.0 Å². The van der Waals surface area contributed by atoms with E-state index < -0.39 is 5.41 Å². The summed E-state index contributed by atoms with van der Waals surface area (Å²) in [6, 6.07) is 58.8. The second-order valence-electron chi connectivity index (χ2n) is 19.4. The number of nitrogens with zero attached hydrogens (tertiary/aromatic N) is 1. The van der Waals surface area contributed by atoms with E-state index in [-0.39, 0.29) is 5.41 Å². The standard InChI is InChI=1S/C56H45NO2/c1-53(2)43-12-4-6-14-45(43)56(46-15-7-5-13-44(46)53)47-16-8-10-18-50(47)59-51-26-24-39(29-48(51)56)57(40-23-25-42-41-11-3-9-17-49(41)58-52(42)30-40)38-21-19-35(20-22-38)54-31-34-27-36-28-37(33-54)55(36,54)32-34/h3-26,29-30,34,36-37H,27-28,31-33H2,1-2H3. The average Bonchev–Trinajstić information content (AvgIpc) is 3.91. The molecule has 3 nitrogen and oxygen atoms in total. The van der Waals surface area contributed by atoms with Crippen LogP contribution in [0, 0.1) is 23.2 Å². The van der Waals surface area contributed by atoms with Crippen LogP contribution in [0.15, 0.2) is 162 Å². The molecule has 7 aromatic carbocycles. The predicted molar refractivity (Wildman–Crippen MR) is 237 cm³/mol. The summed E-state index contributed by atoms with van der Waals surface area (Å²) in [6.07, 6.45) is 7.21. The zero-order valence-corrected chi connectivity index (χ0v) is 33.5. The third-order valence-corrected chi connectivity index (χ3v) is 16.8. The van der Waals surface area contributed by atoms with Gasteiger partial charge in [0.15, 0.2) is 0 Å². The third-order valence-electron chi connectivity index (χ3n) is 16.8. The molecule has 0 saturated heterocycles. The van der Waals surface area contributed by atoms with Gasteiger partial charge in [0, 0.05) is 55.9 Å². The van der Waals surface area contributed by atoms with Gasteiger partial charge in [0.1, 0.15) is 22.7 Å². The number of benzene rings is 7. The predicted octanol–water partition coefficient (Wildman–Crippen LogP) is 14.3. The Morgan fingerprint density at radius 3 is 1.88 bits per heavy atom. The summed E-state index contributed by atoms with van der Waals surface area (Å²) >= 11 is 0. The highest BCUT2D eigenvalue weighted by molar-refractivity contribution is 6.06. The number of hydrogen-bond acceptors (Lipinski definition) is 3. The summed E-state index contributed by atoms with van der Waals surface area (Å²) in [4.78, 5) is 2.45. The fourth-order valence-corrected chi connectivity index (χ4v) is 14.7. The SMILES string of the molecule is CC1(C)c2ccccc2C2(c3ccccc3Oc3ccc(N(c4ccc(C56CC7CC8CC(C5)C86C7)cc4)c4ccc5c(c4)oc4ccccc45)cc32)c2ccccc21. The van der Waals surface area contributed by atoms with E-state index in [2.05, 4.69) is 176 Å². The molecule has 8 aromatic rings. The lowest BCUT2D eigenvalue weighted by molar-refractivity contribution is -0.198. The van der Waals surface area contributed by atoms with Gasteiger partial charge in [-0.15, -0.1) is 0 Å². The highest BCUT2D eigenvalue weighted by Gasteiger charge is 2.80. The van der Waals surface area contributed by atoms with Gasteiger partial charge in [-0.1, -0.05) is 111 Å². The van der Waals surface area contributed by atoms with Crippen molar-refractivity contribution in [1.82, 2.24) is 0 Å². The van der Waals surface area contributed by atoms with Crippen LogP contribution in [0.4, 0.5) is 17.1 Å². The first-order valence-corrected chi connectivity index (χ1v) is 21.8. The first-order chi connectivity index (χ1) is 28.9. The molecule has 0 amide bonds. The van der Waals surface area contributed by atoms with E-state index in [1.54, 1.807) is 5.56 Å². The van der Waals surface area contributed by atoms with Crippen molar-refractivity contribution in [2.75, 3.05) is 4.90 Å². The molecule has 4 saturated carbocycles. The lowest BCUT2D eigenvalue weighted by atomic mass is 9.31. The van der Waals surface area contributed by atoms with Gasteiger partial charge in [0.2, 0.25) is 0 Å². The quantitative estimate of drug-likeness (QED) is 0.179. The molecule has 2 bridgehead atoms. The van der Waals surface area contributed by atoms with Gasteiger partial charge in [-0.05, 0) is 138 Å². The fourth-order valence-electron chi connectivity index (χ4n) is 14.7. The van der Waals surface area contributed by atoms with Gasteiger partial charge < -0.3 is 14.1 Å². The molecule has 2 heterocycles. The Balaban J connectivity index is 0.997. The fraction of sp³-hybridized carbons (Fsp3) is 0.250. The maximum atomic E-state index is 6.93. The van der Waals surface area contributed by atoms with Crippen molar-refractivity contribution in [2.24, 2.45) is 23.2 Å². The molecule has 0 radical (unpaired) electrons. The Kier molecular flexibility index (Phi) is 6.10. The monoisotopic (exact) mass is 763 g/mol. The van der Waals surface area contributed by atoms with Crippen molar-refractivity contribution in [3.63, 3.8) is 0 Å². The molecule has 3 heteroatoms. The van der Waals surface area contributed by atoms with Crippen molar-refractivity contribution in [3.8, 4) is 11.5 Å². The van der Waals surface area contributed by atoms with Gasteiger partial charge >= 0.3 is 0 Å². The second kappa shape index (κ2) is 11.0. The second-order valence-corrected chi connectivity index (χ2v) is 19.4. The Hall–Kier alpha value is -6.06. The highest BCUT2D eigenvalue weighted by Crippen LogP contribution is 2.86. The van der Waals surface area contributed by atoms with Crippen LogP contribution in [0.5, 0.6) is 11.5 Å². The highest BCUT2D eigenvalue weighted by atomic mass is 16.5. The number of fused-ring (bicyclic) bond motifs is 12. The van der Waals surface area contributed by atoms with E-state index in [0.717, 1.165) is 73.8 Å². The van der Waals surface area contributed by atoms with Crippen LogP contribution in [-0.2, 0) is 16.2 Å². The molecule has 5 atom stereocenters. The third kappa shape index (κ3) is 3.83. The Morgan fingerprint density at radius 1 is 0.492 bits per heavy atom. The van der Waals surface area contributed by atoms with Crippen LogP contribution < -0.4 is 9.64 Å². The lowest BCUT2D eigenvalue weighted by Gasteiger charge is -2.73. The average molecular weight is 764 g/mol. The maximum absolute atomic E-state index is 6.93. The number of hydrogen-bond donors (Lipinski definition) is 0. The van der Waals surface area contributed by atoms with Crippen molar-refractivity contribution in [3.05, 3.63) is 197 Å². The molecule has 5 aliphatic carbocycles. The van der Waals surface area contributed by atoms with Gasteiger partial charge in [0.05, 0.1) is 5.41 Å². The molecule has 286 valence electrons. The summed E-state index contributed by atoms with van der Waals surface area (Å²) in [5.74, 6) is 4.65. The summed E-state index contributed by atoms with van der Waals surface area (Å²) in [5.41, 5.74) is 14.6. The smallest absolute Gasteiger partial charge is 0.137 e. The minimum Gasteiger partial charge on any atom is -0.457 e. The summed E-state index contributed by atoms with van der Waals surface area (Å²) in [7, 11) is 0. The minimum absolute atomic E-state index is 0.183. The van der Waals surface area contributed by atoms with Crippen LogP contribution in [0.2, 0.25) is 0 Å². The van der Waals surface area contributed by atoms with Crippen LogP contribution in [0.1, 0.15) is 84.9 Å². The molecule has 4 fully saturated rings. The van der Waals surface area contributed by atoms with Crippen LogP contribution in [-0.4, -0.2) is 0 Å². The molecule has 59 heavy (non-hydrogen) atoms. The summed E-state index contributed by atoms with van der Waals surface area (Å²) < 4.78 is 13.5.